The average Bonchev–Trinajstić information content (AvgIpc) is 2.95. The fourth-order valence-electron chi connectivity index (χ4n) is 3.39. The first-order valence-electron chi connectivity index (χ1n) is 8.04. The van der Waals surface area contributed by atoms with Gasteiger partial charge in [0.25, 0.3) is 5.91 Å². The summed E-state index contributed by atoms with van der Waals surface area (Å²) in [6, 6.07) is 8.19. The van der Waals surface area contributed by atoms with E-state index in [0.29, 0.717) is 12.8 Å². The molecule has 2 atom stereocenters. The number of rotatable bonds is 3. The molecule has 1 aliphatic rings. The zero-order valence-electron chi connectivity index (χ0n) is 13.1. The number of fused-ring (bicyclic) bond motifs is 1. The van der Waals surface area contributed by atoms with Crippen LogP contribution >= 0.6 is 0 Å². The molecule has 4 nitrogen and oxygen atoms in total. The molecule has 1 fully saturated rings. The maximum absolute atomic E-state index is 13.0. The van der Waals surface area contributed by atoms with Gasteiger partial charge in [0.1, 0.15) is 12.2 Å². The molecule has 130 valence electrons. The number of alkyl halides is 3. The zero-order valence-corrected chi connectivity index (χ0v) is 13.1. The van der Waals surface area contributed by atoms with Crippen LogP contribution in [0.25, 0.3) is 10.9 Å². The number of amides is 1. The number of nitrogens with one attached hydrogen (secondary N) is 1. The van der Waals surface area contributed by atoms with Gasteiger partial charge in [0.15, 0.2) is 0 Å². The number of halogens is 3. The first-order chi connectivity index (χ1) is 11.3. The number of hydrogen-bond acceptors (Lipinski definition) is 2. The summed E-state index contributed by atoms with van der Waals surface area (Å²) in [5.74, 6) is -0.623. The number of carbonyl (C=O) groups excluding carboxylic acids is 1. The van der Waals surface area contributed by atoms with Gasteiger partial charge in [0.05, 0.1) is 0 Å². The van der Waals surface area contributed by atoms with E-state index < -0.39 is 24.7 Å². The molecule has 0 radical (unpaired) electrons. The maximum Gasteiger partial charge on any atom is 0.406 e. The van der Waals surface area contributed by atoms with E-state index in [0.717, 1.165) is 28.6 Å². The summed E-state index contributed by atoms with van der Waals surface area (Å²) in [6.07, 6.45) is -1.96. The molecular weight excluding hydrogens is 319 g/mol. The standard InChI is InChI=1S/C17H20F3N3O/c18-17(19,20)10-23(13-6-3-5-12(21)9-13)16(24)15-8-11-4-1-2-7-14(11)22-15/h1-2,4,7-8,12-13,22H,3,5-6,9-10,21H2/t12-,13+/m1/s1. The molecule has 1 aromatic heterocycles. The molecule has 24 heavy (non-hydrogen) atoms. The topological polar surface area (TPSA) is 62.1 Å². The Hall–Kier alpha value is -2.02. The highest BCUT2D eigenvalue weighted by atomic mass is 19.4. The second-order valence-corrected chi connectivity index (χ2v) is 6.40. The molecule has 3 N–H and O–H groups in total. The van der Waals surface area contributed by atoms with Crippen LogP contribution in [0.5, 0.6) is 0 Å². The van der Waals surface area contributed by atoms with Crippen LogP contribution in [0, 0.1) is 0 Å². The van der Waals surface area contributed by atoms with Crippen molar-refractivity contribution in [2.45, 2.75) is 43.9 Å². The highest BCUT2D eigenvalue weighted by molar-refractivity contribution is 5.98. The summed E-state index contributed by atoms with van der Waals surface area (Å²) in [5, 5.41) is 0.799. The molecule has 2 aromatic rings. The number of nitrogens with two attached hydrogens (primary N) is 1. The van der Waals surface area contributed by atoms with Gasteiger partial charge in [0.2, 0.25) is 0 Å². The van der Waals surface area contributed by atoms with Gasteiger partial charge in [-0.2, -0.15) is 13.2 Å². The van der Waals surface area contributed by atoms with Crippen LogP contribution in [-0.2, 0) is 0 Å². The molecule has 0 spiro atoms. The molecule has 0 unspecified atom stereocenters. The summed E-state index contributed by atoms with van der Waals surface area (Å²) in [6.45, 7) is -1.25. The smallest absolute Gasteiger partial charge is 0.351 e. The fraction of sp³-hybridized carbons (Fsp3) is 0.471. The van der Waals surface area contributed by atoms with Gasteiger partial charge in [-0.15, -0.1) is 0 Å². The predicted octanol–water partition coefficient (Wildman–Crippen LogP) is 3.44. The monoisotopic (exact) mass is 339 g/mol. The molecule has 3 rings (SSSR count). The number of benzene rings is 1. The van der Waals surface area contributed by atoms with E-state index in [1.165, 1.54) is 0 Å². The van der Waals surface area contributed by atoms with Gasteiger partial charge < -0.3 is 15.6 Å². The summed E-state index contributed by atoms with van der Waals surface area (Å²) >= 11 is 0. The van der Waals surface area contributed by atoms with Crippen molar-refractivity contribution in [3.05, 3.63) is 36.0 Å². The van der Waals surface area contributed by atoms with Crippen molar-refractivity contribution in [3.63, 3.8) is 0 Å². The number of nitrogens with zero attached hydrogens (tertiary/aromatic N) is 1. The van der Waals surface area contributed by atoms with E-state index >= 15 is 0 Å². The molecule has 1 amide bonds. The lowest BCUT2D eigenvalue weighted by Crippen LogP contribution is -2.49. The van der Waals surface area contributed by atoms with Crippen LogP contribution in [-0.4, -0.2) is 40.6 Å². The number of para-hydroxylation sites is 1. The lowest BCUT2D eigenvalue weighted by molar-refractivity contribution is -0.145. The third-order valence-electron chi connectivity index (χ3n) is 4.50. The number of aromatic amines is 1. The minimum atomic E-state index is -4.44. The van der Waals surface area contributed by atoms with Gasteiger partial charge in [0, 0.05) is 23.0 Å². The largest absolute Gasteiger partial charge is 0.406 e. The molecule has 0 saturated heterocycles. The van der Waals surface area contributed by atoms with Crippen molar-refractivity contribution in [3.8, 4) is 0 Å². The summed E-state index contributed by atoms with van der Waals surface area (Å²) in [7, 11) is 0. The Kier molecular flexibility index (Phi) is 4.54. The minimum absolute atomic E-state index is 0.157. The number of hydrogen-bond donors (Lipinski definition) is 2. The number of carbonyl (C=O) groups is 1. The van der Waals surface area contributed by atoms with E-state index in [1.54, 1.807) is 18.2 Å². The van der Waals surface area contributed by atoms with Crippen molar-refractivity contribution in [1.82, 2.24) is 9.88 Å². The molecular formula is C17H20F3N3O. The lowest BCUT2D eigenvalue weighted by Gasteiger charge is -2.36. The van der Waals surface area contributed by atoms with Crippen LogP contribution in [0.4, 0.5) is 13.2 Å². The average molecular weight is 339 g/mol. The Morgan fingerprint density at radius 3 is 2.71 bits per heavy atom. The second kappa shape index (κ2) is 6.47. The van der Waals surface area contributed by atoms with Gasteiger partial charge in [-0.3, -0.25) is 4.79 Å². The van der Waals surface area contributed by atoms with Crippen LogP contribution in [0.2, 0.25) is 0 Å². The first kappa shape index (κ1) is 16.8. The van der Waals surface area contributed by atoms with Crippen molar-refractivity contribution in [2.75, 3.05) is 6.54 Å². The van der Waals surface area contributed by atoms with E-state index in [4.69, 9.17) is 5.73 Å². The molecule has 1 aromatic carbocycles. The van der Waals surface area contributed by atoms with Crippen molar-refractivity contribution in [1.29, 1.82) is 0 Å². The molecule has 1 saturated carbocycles. The minimum Gasteiger partial charge on any atom is -0.351 e. The predicted molar refractivity (Wildman–Crippen MR) is 85.6 cm³/mol. The summed E-state index contributed by atoms with van der Waals surface area (Å²) in [4.78, 5) is 16.6. The summed E-state index contributed by atoms with van der Waals surface area (Å²) < 4.78 is 39.0. The van der Waals surface area contributed by atoms with E-state index in [2.05, 4.69) is 4.98 Å². The van der Waals surface area contributed by atoms with Gasteiger partial charge in [-0.05, 0) is 37.8 Å². The zero-order chi connectivity index (χ0) is 17.3. The van der Waals surface area contributed by atoms with Gasteiger partial charge >= 0.3 is 6.18 Å². The van der Waals surface area contributed by atoms with Crippen LogP contribution in [0.15, 0.2) is 30.3 Å². The molecule has 1 aliphatic carbocycles. The SMILES string of the molecule is N[C@@H]1CCC[C@H](N(CC(F)(F)F)C(=O)c2cc3ccccc3[nH]2)C1. The quantitative estimate of drug-likeness (QED) is 0.900. The van der Waals surface area contributed by atoms with Crippen molar-refractivity contribution in [2.24, 2.45) is 5.73 Å². The first-order valence-corrected chi connectivity index (χ1v) is 8.04. The Morgan fingerprint density at radius 2 is 2.04 bits per heavy atom. The highest BCUT2D eigenvalue weighted by Crippen LogP contribution is 2.28. The van der Waals surface area contributed by atoms with Crippen molar-refractivity contribution < 1.29 is 18.0 Å². The molecule has 0 bridgehead atoms. The van der Waals surface area contributed by atoms with E-state index in [9.17, 15) is 18.0 Å². The normalized spacial score (nSPS) is 21.8. The van der Waals surface area contributed by atoms with Crippen LogP contribution < -0.4 is 5.73 Å². The Balaban J connectivity index is 1.89. The third-order valence-corrected chi connectivity index (χ3v) is 4.50. The number of H-pyrrole nitrogens is 1. The van der Waals surface area contributed by atoms with Gasteiger partial charge in [-0.25, -0.2) is 0 Å². The highest BCUT2D eigenvalue weighted by Gasteiger charge is 2.38. The Labute approximate surface area is 137 Å². The van der Waals surface area contributed by atoms with E-state index in [-0.39, 0.29) is 11.7 Å². The molecule has 1 heterocycles. The van der Waals surface area contributed by atoms with Gasteiger partial charge in [-0.1, -0.05) is 18.2 Å². The third kappa shape index (κ3) is 3.72. The summed E-state index contributed by atoms with van der Waals surface area (Å²) in [5.41, 5.74) is 6.81. The maximum atomic E-state index is 13.0. The second-order valence-electron chi connectivity index (χ2n) is 6.40. The number of aromatic nitrogens is 1. The molecule has 0 aliphatic heterocycles. The Morgan fingerprint density at radius 1 is 1.29 bits per heavy atom. The van der Waals surface area contributed by atoms with Crippen molar-refractivity contribution >= 4 is 16.8 Å². The fourth-order valence-corrected chi connectivity index (χ4v) is 3.39. The lowest BCUT2D eigenvalue weighted by atomic mass is 9.90. The molecule has 7 heteroatoms. The van der Waals surface area contributed by atoms with Crippen LogP contribution in [0.3, 0.4) is 0 Å². The Bertz CT molecular complexity index is 692. The van der Waals surface area contributed by atoms with E-state index in [1.807, 2.05) is 12.1 Å². The van der Waals surface area contributed by atoms with Crippen LogP contribution in [0.1, 0.15) is 36.2 Å².